The third-order valence-electron chi connectivity index (χ3n) is 5.29. The van der Waals surface area contributed by atoms with Crippen LogP contribution in [0, 0.1) is 12.7 Å². The summed E-state index contributed by atoms with van der Waals surface area (Å²) >= 11 is 0. The molecule has 0 fully saturated rings. The van der Waals surface area contributed by atoms with Crippen molar-refractivity contribution in [2.75, 3.05) is 11.3 Å². The normalized spacial score (nSPS) is 11.2. The molecule has 0 spiro atoms. The number of aromatic nitrogens is 2. The number of para-hydroxylation sites is 1. The third-order valence-corrected chi connectivity index (χ3v) is 6.65. The zero-order valence-corrected chi connectivity index (χ0v) is 19.2. The Kier molecular flexibility index (Phi) is 6.74. The van der Waals surface area contributed by atoms with E-state index in [1.165, 1.54) is 30.3 Å². The summed E-state index contributed by atoms with van der Waals surface area (Å²) in [5, 5.41) is 7.03. The number of hydrogen-bond acceptors (Lipinski definition) is 4. The van der Waals surface area contributed by atoms with E-state index in [0.717, 1.165) is 17.3 Å². The molecule has 1 aromatic heterocycles. The van der Waals surface area contributed by atoms with Gasteiger partial charge in [-0.15, -0.1) is 0 Å². The molecule has 0 aliphatic carbocycles. The van der Waals surface area contributed by atoms with Gasteiger partial charge >= 0.3 is 0 Å². The first-order valence-corrected chi connectivity index (χ1v) is 12.1. The van der Waals surface area contributed by atoms with Crippen molar-refractivity contribution in [3.05, 3.63) is 108 Å². The number of carbonyl (C=O) groups excluding carboxylic acids is 1. The van der Waals surface area contributed by atoms with E-state index in [4.69, 9.17) is 0 Å². The minimum Gasteiger partial charge on any atom is -0.352 e. The van der Waals surface area contributed by atoms with E-state index >= 15 is 0 Å². The molecule has 0 saturated heterocycles. The van der Waals surface area contributed by atoms with Gasteiger partial charge in [0.1, 0.15) is 5.82 Å². The van der Waals surface area contributed by atoms with Crippen molar-refractivity contribution in [2.45, 2.75) is 18.2 Å². The van der Waals surface area contributed by atoms with Crippen LogP contribution in [-0.4, -0.2) is 30.7 Å². The number of nitrogens with one attached hydrogen (secondary N) is 2. The van der Waals surface area contributed by atoms with E-state index in [2.05, 4.69) is 15.1 Å². The molecule has 1 heterocycles. The van der Waals surface area contributed by atoms with Crippen LogP contribution in [0.2, 0.25) is 0 Å². The van der Waals surface area contributed by atoms with Crippen LogP contribution in [0.5, 0.6) is 0 Å². The molecule has 3 aromatic carbocycles. The largest absolute Gasteiger partial charge is 0.352 e. The molecule has 0 atom stereocenters. The van der Waals surface area contributed by atoms with Gasteiger partial charge in [-0.25, -0.2) is 17.5 Å². The highest BCUT2D eigenvalue weighted by Crippen LogP contribution is 2.21. The molecule has 4 aromatic rings. The van der Waals surface area contributed by atoms with Crippen molar-refractivity contribution in [3.8, 4) is 5.69 Å². The molecule has 9 heteroatoms. The average molecular weight is 479 g/mol. The number of rotatable bonds is 8. The first-order valence-electron chi connectivity index (χ1n) is 10.6. The predicted octanol–water partition coefficient (Wildman–Crippen LogP) is 4.09. The lowest BCUT2D eigenvalue weighted by Gasteiger charge is -2.12. The van der Waals surface area contributed by atoms with Crippen LogP contribution < -0.4 is 10.0 Å². The molecule has 0 bridgehead atoms. The van der Waals surface area contributed by atoms with Gasteiger partial charge in [0.15, 0.2) is 0 Å². The fourth-order valence-corrected chi connectivity index (χ4v) is 4.51. The summed E-state index contributed by atoms with van der Waals surface area (Å²) in [7, 11) is -4.07. The second-order valence-electron chi connectivity index (χ2n) is 7.69. The van der Waals surface area contributed by atoms with Gasteiger partial charge in [0.2, 0.25) is 0 Å². The molecule has 0 radical (unpaired) electrons. The molecular formula is C25H23FN4O3S. The lowest BCUT2D eigenvalue weighted by molar-refractivity contribution is 0.0953. The zero-order valence-electron chi connectivity index (χ0n) is 18.4. The van der Waals surface area contributed by atoms with Gasteiger partial charge in [-0.3, -0.25) is 9.52 Å². The highest BCUT2D eigenvalue weighted by atomic mass is 32.2. The number of hydrogen-bond donors (Lipinski definition) is 2. The summed E-state index contributed by atoms with van der Waals surface area (Å²) in [6.45, 7) is 2.10. The number of halogens is 1. The third kappa shape index (κ3) is 5.32. The molecule has 0 aliphatic heterocycles. The maximum absolute atomic E-state index is 13.9. The van der Waals surface area contributed by atoms with Crippen LogP contribution in [0.1, 0.15) is 21.5 Å². The van der Waals surface area contributed by atoms with Crippen LogP contribution in [-0.2, 0) is 16.4 Å². The Hall–Kier alpha value is -3.98. The molecule has 174 valence electrons. The molecule has 0 unspecified atom stereocenters. The molecular weight excluding hydrogens is 455 g/mol. The van der Waals surface area contributed by atoms with Crippen molar-refractivity contribution < 1.29 is 17.6 Å². The van der Waals surface area contributed by atoms with Crippen LogP contribution in [0.4, 0.5) is 10.1 Å². The number of nitrogens with zero attached hydrogens (tertiary/aromatic N) is 2. The zero-order chi connectivity index (χ0) is 24.1. The van der Waals surface area contributed by atoms with Crippen LogP contribution >= 0.6 is 0 Å². The molecule has 4 rings (SSSR count). The quantitative estimate of drug-likeness (QED) is 0.399. The van der Waals surface area contributed by atoms with E-state index < -0.39 is 15.8 Å². The molecule has 7 nitrogen and oxygen atoms in total. The molecule has 0 aliphatic rings. The smallest absolute Gasteiger partial charge is 0.262 e. The lowest BCUT2D eigenvalue weighted by Crippen LogP contribution is -2.27. The number of carbonyl (C=O) groups is 1. The van der Waals surface area contributed by atoms with E-state index in [0.29, 0.717) is 18.5 Å². The maximum Gasteiger partial charge on any atom is 0.262 e. The topological polar surface area (TPSA) is 93.1 Å². The van der Waals surface area contributed by atoms with Crippen molar-refractivity contribution in [1.82, 2.24) is 15.1 Å². The van der Waals surface area contributed by atoms with Crippen LogP contribution in [0.15, 0.2) is 90.1 Å². The first kappa shape index (κ1) is 23.2. The Labute approximate surface area is 197 Å². The fourth-order valence-electron chi connectivity index (χ4n) is 3.41. The Morgan fingerprint density at radius 2 is 1.79 bits per heavy atom. The van der Waals surface area contributed by atoms with Gasteiger partial charge in [0.05, 0.1) is 16.3 Å². The van der Waals surface area contributed by atoms with Crippen molar-refractivity contribution in [3.63, 3.8) is 0 Å². The van der Waals surface area contributed by atoms with E-state index in [9.17, 15) is 17.6 Å². The number of aryl methyl sites for hydroxylation is 1. The van der Waals surface area contributed by atoms with Gasteiger partial charge in [-0.2, -0.15) is 5.10 Å². The van der Waals surface area contributed by atoms with Crippen molar-refractivity contribution >= 4 is 21.6 Å². The highest BCUT2D eigenvalue weighted by Gasteiger charge is 2.19. The maximum atomic E-state index is 13.9. The summed E-state index contributed by atoms with van der Waals surface area (Å²) < 4.78 is 43.3. The lowest BCUT2D eigenvalue weighted by atomic mass is 10.1. The van der Waals surface area contributed by atoms with Gasteiger partial charge in [0.25, 0.3) is 15.9 Å². The highest BCUT2D eigenvalue weighted by molar-refractivity contribution is 7.92. The Bertz CT molecular complexity index is 1400. The van der Waals surface area contributed by atoms with Crippen molar-refractivity contribution in [1.29, 1.82) is 0 Å². The van der Waals surface area contributed by atoms with Gasteiger partial charge in [0, 0.05) is 24.5 Å². The van der Waals surface area contributed by atoms with E-state index in [1.54, 1.807) is 23.9 Å². The summed E-state index contributed by atoms with van der Waals surface area (Å²) in [5.41, 5.74) is 2.69. The molecule has 34 heavy (non-hydrogen) atoms. The number of benzene rings is 3. The summed E-state index contributed by atoms with van der Waals surface area (Å²) in [6, 6.07) is 19.4. The predicted molar refractivity (Wildman–Crippen MR) is 128 cm³/mol. The van der Waals surface area contributed by atoms with E-state index in [-0.39, 0.29) is 22.1 Å². The molecule has 2 N–H and O–H groups in total. The summed E-state index contributed by atoms with van der Waals surface area (Å²) in [6.07, 6.45) is 4.18. The number of anilines is 1. The average Bonchev–Trinajstić information content (AvgIpc) is 3.36. The van der Waals surface area contributed by atoms with Crippen LogP contribution in [0.25, 0.3) is 5.69 Å². The van der Waals surface area contributed by atoms with Crippen LogP contribution in [0.3, 0.4) is 0 Å². The second kappa shape index (κ2) is 9.88. The Balaban J connectivity index is 1.41. The SMILES string of the molecule is Cc1ccc(S(=O)(=O)Nc2ccccc2F)cc1C(=O)NCCc1ccc(-n2cccn2)cc1. The molecule has 0 saturated carbocycles. The fraction of sp³-hybridized carbons (Fsp3) is 0.120. The monoisotopic (exact) mass is 478 g/mol. The first-order chi connectivity index (χ1) is 16.3. The van der Waals surface area contributed by atoms with E-state index in [1.807, 2.05) is 36.5 Å². The van der Waals surface area contributed by atoms with Gasteiger partial charge in [-0.1, -0.05) is 30.3 Å². The number of amides is 1. The second-order valence-corrected chi connectivity index (χ2v) is 9.37. The summed E-state index contributed by atoms with van der Waals surface area (Å²) in [4.78, 5) is 12.6. The summed E-state index contributed by atoms with van der Waals surface area (Å²) in [5.74, 6) is -1.07. The Morgan fingerprint density at radius 1 is 1.03 bits per heavy atom. The number of sulfonamides is 1. The minimum atomic E-state index is -4.07. The Morgan fingerprint density at radius 3 is 2.50 bits per heavy atom. The standard InChI is InChI=1S/C25H23FN4O3S/c1-18-7-12-21(34(32,33)29-24-6-3-2-5-23(24)26)17-22(18)25(31)27-15-13-19-8-10-20(11-9-19)30-16-4-14-28-30/h2-12,14,16-17,29H,13,15H2,1H3,(H,27,31). The van der Waals surface area contributed by atoms with Gasteiger partial charge < -0.3 is 5.32 Å². The molecule has 1 amide bonds. The van der Waals surface area contributed by atoms with Gasteiger partial charge in [-0.05, 0) is 66.9 Å². The minimum absolute atomic E-state index is 0.124. The van der Waals surface area contributed by atoms with Crippen molar-refractivity contribution in [2.24, 2.45) is 0 Å².